The number of para-hydroxylation sites is 1. The van der Waals surface area contributed by atoms with Gasteiger partial charge in [0, 0.05) is 17.3 Å². The van der Waals surface area contributed by atoms with Crippen LogP contribution >= 0.6 is 0 Å². The highest BCUT2D eigenvalue weighted by Gasteiger charge is 2.36. The second-order valence-corrected chi connectivity index (χ2v) is 9.15. The van der Waals surface area contributed by atoms with Crippen molar-refractivity contribution in [2.24, 2.45) is 0 Å². The van der Waals surface area contributed by atoms with Gasteiger partial charge in [-0.3, -0.25) is 9.10 Å². The molecule has 1 heterocycles. The van der Waals surface area contributed by atoms with Crippen LogP contribution in [0.3, 0.4) is 0 Å². The van der Waals surface area contributed by atoms with Gasteiger partial charge in [0.2, 0.25) is 0 Å². The van der Waals surface area contributed by atoms with Gasteiger partial charge in [0.25, 0.3) is 15.9 Å². The molecule has 1 aliphatic rings. The standard InChI is InChI=1S/C23H22N2O3S/c1-16-8-11-21(12-9-16)29(27,28)25-17(2)14-19-15-18(10-13-22(19)25)23(26)24-20-6-4-3-5-7-20/h3-13,15,17H,14H2,1-2H3,(H,24,26)/t17-/m1/s1. The summed E-state index contributed by atoms with van der Waals surface area (Å²) in [6.45, 7) is 3.81. The molecule has 0 bridgehead atoms. The van der Waals surface area contributed by atoms with E-state index < -0.39 is 10.0 Å². The molecule has 4 rings (SSSR count). The molecular weight excluding hydrogens is 384 g/mol. The Morgan fingerprint density at radius 2 is 1.69 bits per heavy atom. The summed E-state index contributed by atoms with van der Waals surface area (Å²) in [6, 6.07) is 21.1. The number of hydrogen-bond donors (Lipinski definition) is 1. The van der Waals surface area contributed by atoms with Gasteiger partial charge in [-0.1, -0.05) is 35.9 Å². The van der Waals surface area contributed by atoms with Crippen molar-refractivity contribution in [3.05, 3.63) is 89.5 Å². The highest BCUT2D eigenvalue weighted by Crippen LogP contribution is 2.37. The normalized spacial score (nSPS) is 15.8. The van der Waals surface area contributed by atoms with E-state index in [0.717, 1.165) is 16.8 Å². The number of rotatable bonds is 4. The number of carbonyl (C=O) groups is 1. The van der Waals surface area contributed by atoms with Crippen molar-refractivity contribution in [3.63, 3.8) is 0 Å². The quantitative estimate of drug-likeness (QED) is 0.699. The first-order valence-corrected chi connectivity index (χ1v) is 10.9. The Hall–Kier alpha value is -3.12. The molecule has 1 aliphatic heterocycles. The maximum atomic E-state index is 13.2. The van der Waals surface area contributed by atoms with E-state index in [1.54, 1.807) is 42.5 Å². The van der Waals surface area contributed by atoms with Crippen LogP contribution in [0.5, 0.6) is 0 Å². The zero-order valence-corrected chi connectivity index (χ0v) is 17.1. The van der Waals surface area contributed by atoms with Crippen LogP contribution < -0.4 is 9.62 Å². The van der Waals surface area contributed by atoms with Gasteiger partial charge in [-0.15, -0.1) is 0 Å². The van der Waals surface area contributed by atoms with Gasteiger partial charge >= 0.3 is 0 Å². The van der Waals surface area contributed by atoms with E-state index in [0.29, 0.717) is 17.7 Å². The number of aryl methyl sites for hydroxylation is 1. The summed E-state index contributed by atoms with van der Waals surface area (Å²) in [5.41, 5.74) is 3.72. The van der Waals surface area contributed by atoms with Crippen LogP contribution in [0.15, 0.2) is 77.7 Å². The number of hydrogen-bond acceptors (Lipinski definition) is 3. The number of carbonyl (C=O) groups excluding carboxylic acids is 1. The number of sulfonamides is 1. The molecule has 3 aromatic carbocycles. The van der Waals surface area contributed by atoms with Crippen LogP contribution in [0, 0.1) is 6.92 Å². The molecule has 0 spiro atoms. The average Bonchev–Trinajstić information content (AvgIpc) is 3.04. The van der Waals surface area contributed by atoms with E-state index in [4.69, 9.17) is 0 Å². The zero-order chi connectivity index (χ0) is 20.6. The molecule has 5 nitrogen and oxygen atoms in total. The van der Waals surface area contributed by atoms with E-state index in [-0.39, 0.29) is 16.8 Å². The van der Waals surface area contributed by atoms with Crippen LogP contribution in [0.4, 0.5) is 11.4 Å². The predicted molar refractivity (Wildman–Crippen MR) is 115 cm³/mol. The molecule has 0 saturated carbocycles. The molecule has 6 heteroatoms. The number of fused-ring (bicyclic) bond motifs is 1. The highest BCUT2D eigenvalue weighted by atomic mass is 32.2. The lowest BCUT2D eigenvalue weighted by molar-refractivity contribution is 0.102. The SMILES string of the molecule is Cc1ccc(S(=O)(=O)N2c3ccc(C(=O)Nc4ccccc4)cc3C[C@H]2C)cc1. The van der Waals surface area contributed by atoms with Crippen LogP contribution in [0.25, 0.3) is 0 Å². The highest BCUT2D eigenvalue weighted by molar-refractivity contribution is 7.92. The van der Waals surface area contributed by atoms with Gasteiger partial charge in [-0.25, -0.2) is 8.42 Å². The van der Waals surface area contributed by atoms with E-state index in [1.807, 2.05) is 44.2 Å². The molecule has 1 atom stereocenters. The summed E-state index contributed by atoms with van der Waals surface area (Å²) in [5.74, 6) is -0.216. The third-order valence-corrected chi connectivity index (χ3v) is 7.05. The maximum absolute atomic E-state index is 13.2. The van der Waals surface area contributed by atoms with E-state index in [2.05, 4.69) is 5.32 Å². The fraction of sp³-hybridized carbons (Fsp3) is 0.174. The zero-order valence-electron chi connectivity index (χ0n) is 16.3. The van der Waals surface area contributed by atoms with Gasteiger partial charge in [0.1, 0.15) is 0 Å². The van der Waals surface area contributed by atoms with Crippen molar-refractivity contribution in [1.82, 2.24) is 0 Å². The third kappa shape index (κ3) is 3.63. The Labute approximate surface area is 171 Å². The van der Waals surface area contributed by atoms with E-state index in [9.17, 15) is 13.2 Å². The third-order valence-electron chi connectivity index (χ3n) is 5.10. The second kappa shape index (κ2) is 7.37. The second-order valence-electron chi connectivity index (χ2n) is 7.33. The van der Waals surface area contributed by atoms with Crippen LogP contribution in [0.1, 0.15) is 28.4 Å². The summed E-state index contributed by atoms with van der Waals surface area (Å²) in [7, 11) is -3.67. The van der Waals surface area contributed by atoms with Gasteiger partial charge < -0.3 is 5.32 Å². The smallest absolute Gasteiger partial charge is 0.264 e. The lowest BCUT2D eigenvalue weighted by Gasteiger charge is -2.24. The van der Waals surface area contributed by atoms with Crippen molar-refractivity contribution >= 4 is 27.3 Å². The van der Waals surface area contributed by atoms with Crippen molar-refractivity contribution in [3.8, 4) is 0 Å². The van der Waals surface area contributed by atoms with E-state index >= 15 is 0 Å². The molecule has 0 unspecified atom stereocenters. The Bertz CT molecular complexity index is 1160. The van der Waals surface area contributed by atoms with Crippen molar-refractivity contribution in [1.29, 1.82) is 0 Å². The molecule has 1 amide bonds. The Morgan fingerprint density at radius 1 is 1.00 bits per heavy atom. The fourth-order valence-corrected chi connectivity index (χ4v) is 5.35. The first kappa shape index (κ1) is 19.2. The molecule has 0 fully saturated rings. The first-order chi connectivity index (χ1) is 13.9. The maximum Gasteiger partial charge on any atom is 0.264 e. The van der Waals surface area contributed by atoms with Crippen LogP contribution in [-0.4, -0.2) is 20.4 Å². The summed E-state index contributed by atoms with van der Waals surface area (Å²) in [4.78, 5) is 12.9. The minimum absolute atomic E-state index is 0.216. The van der Waals surface area contributed by atoms with Crippen molar-refractivity contribution in [2.75, 3.05) is 9.62 Å². The summed E-state index contributed by atoms with van der Waals surface area (Å²) in [6.07, 6.45) is 0.562. The van der Waals surface area contributed by atoms with Crippen LogP contribution in [-0.2, 0) is 16.4 Å². The molecule has 1 N–H and O–H groups in total. The topological polar surface area (TPSA) is 66.5 Å². The lowest BCUT2D eigenvalue weighted by Crippen LogP contribution is -2.35. The minimum Gasteiger partial charge on any atom is -0.322 e. The molecule has 29 heavy (non-hydrogen) atoms. The molecule has 3 aromatic rings. The Balaban J connectivity index is 1.64. The van der Waals surface area contributed by atoms with Gasteiger partial charge in [-0.2, -0.15) is 0 Å². The number of nitrogens with one attached hydrogen (secondary N) is 1. The van der Waals surface area contributed by atoms with Crippen LogP contribution in [0.2, 0.25) is 0 Å². The lowest BCUT2D eigenvalue weighted by atomic mass is 10.1. The Morgan fingerprint density at radius 3 is 2.38 bits per heavy atom. The first-order valence-electron chi connectivity index (χ1n) is 9.47. The number of amides is 1. The summed E-state index contributed by atoms with van der Waals surface area (Å²) < 4.78 is 27.9. The fourth-order valence-electron chi connectivity index (χ4n) is 3.66. The monoisotopic (exact) mass is 406 g/mol. The number of anilines is 2. The Kier molecular flexibility index (Phi) is 4.88. The number of benzene rings is 3. The summed E-state index contributed by atoms with van der Waals surface area (Å²) >= 11 is 0. The molecule has 148 valence electrons. The molecule has 0 aliphatic carbocycles. The van der Waals surface area contributed by atoms with Gasteiger partial charge in [0.15, 0.2) is 0 Å². The molecule has 0 radical (unpaired) electrons. The average molecular weight is 407 g/mol. The van der Waals surface area contributed by atoms with E-state index in [1.165, 1.54) is 4.31 Å². The largest absolute Gasteiger partial charge is 0.322 e. The van der Waals surface area contributed by atoms with Gasteiger partial charge in [0.05, 0.1) is 10.6 Å². The predicted octanol–water partition coefficient (Wildman–Crippen LogP) is 4.39. The van der Waals surface area contributed by atoms with Gasteiger partial charge in [-0.05, 0) is 68.3 Å². The van der Waals surface area contributed by atoms with Crippen molar-refractivity contribution < 1.29 is 13.2 Å². The minimum atomic E-state index is -3.67. The molecule has 0 saturated heterocycles. The summed E-state index contributed by atoms with van der Waals surface area (Å²) in [5, 5.41) is 2.86. The number of nitrogens with zero attached hydrogens (tertiary/aromatic N) is 1. The molecular formula is C23H22N2O3S. The molecule has 0 aromatic heterocycles. The van der Waals surface area contributed by atoms with Crippen molar-refractivity contribution in [2.45, 2.75) is 31.2 Å².